The minimum Gasteiger partial charge on any atom is -0.456 e. The van der Waals surface area contributed by atoms with Gasteiger partial charge in [-0.15, -0.1) is 0 Å². The van der Waals surface area contributed by atoms with Gasteiger partial charge in [0.1, 0.15) is 11.2 Å². The summed E-state index contributed by atoms with van der Waals surface area (Å²) in [6.45, 7) is 4.61. The van der Waals surface area contributed by atoms with E-state index in [0.717, 1.165) is 88.5 Å². The fourth-order valence-corrected chi connectivity index (χ4v) is 22.4. The predicted molar refractivity (Wildman–Crippen MR) is 596 cm³/mol. The molecule has 0 saturated heterocycles. The lowest BCUT2D eigenvalue weighted by Gasteiger charge is -2.34. The molecule has 4 heterocycles. The van der Waals surface area contributed by atoms with Crippen molar-refractivity contribution in [2.75, 3.05) is 0 Å². The fraction of sp³-hybridized carbons (Fsp3) is 0.0296. The van der Waals surface area contributed by atoms with Gasteiger partial charge >= 0.3 is 0 Å². The molecule has 0 saturated carbocycles. The van der Waals surface area contributed by atoms with Crippen LogP contribution in [0.15, 0.2) is 496 Å². The molecule has 0 aliphatic heterocycles. The van der Waals surface area contributed by atoms with E-state index in [2.05, 4.69) is 420 Å². The van der Waals surface area contributed by atoms with Gasteiger partial charge in [0.2, 0.25) is 0 Å². The Kier molecular flexibility index (Phi) is 20.6. The molecule has 0 spiro atoms. The number of furan rings is 1. The minimum absolute atomic E-state index is 0.108. The Labute approximate surface area is 836 Å². The SMILES string of the molecule is CC1(C)c2ccccc2-c2ccc(-c3nc(-c4ccccc4)nc(-c4ccc5ccc6c7ccccc7ccc6c5c4)n3)cc21.c1ccc(-c2nc(-c3ccc4c(c3)C(c3ccccc3)(c3ccccc3)c3ccccc3-4)nc(-c3ccc4ccc5c6ccccc6ccc5c4c3)n2)cc1.c1ccc(-c2nc(-c3ccc4ccccc4c3)nc(-c3ccc4oc5ccccc5c4c3-c3ccc4ccccc4c3)n2)cc1. The van der Waals surface area contributed by atoms with Crippen LogP contribution in [0.25, 0.3) is 244 Å². The molecule has 0 unspecified atom stereocenters. The van der Waals surface area contributed by atoms with Crippen molar-refractivity contribution in [3.05, 3.63) is 525 Å². The van der Waals surface area contributed by atoms with Crippen LogP contribution in [0.2, 0.25) is 0 Å². The average molecular weight is 1850 g/mol. The number of benzene rings is 23. The third-order valence-electron chi connectivity index (χ3n) is 29.4. The molecule has 10 heteroatoms. The molecular weight excluding hydrogens is 1760 g/mol. The number of rotatable bonds is 12. The molecule has 2 aliphatic carbocycles. The van der Waals surface area contributed by atoms with Crippen LogP contribution in [0.3, 0.4) is 0 Å². The van der Waals surface area contributed by atoms with Crippen LogP contribution >= 0.6 is 0 Å². The number of hydrogen-bond acceptors (Lipinski definition) is 10. The molecule has 0 fully saturated rings. The highest BCUT2D eigenvalue weighted by Crippen LogP contribution is 2.58. The van der Waals surface area contributed by atoms with Crippen molar-refractivity contribution in [1.29, 1.82) is 0 Å². The summed E-state index contributed by atoms with van der Waals surface area (Å²) in [5, 5.41) is 21.5. The second-order valence-electron chi connectivity index (χ2n) is 38.1. The van der Waals surface area contributed by atoms with E-state index in [1.807, 2.05) is 84.9 Å². The summed E-state index contributed by atoms with van der Waals surface area (Å²) in [5.74, 6) is 5.82. The molecule has 678 valence electrons. The summed E-state index contributed by atoms with van der Waals surface area (Å²) < 4.78 is 6.37. The first-order valence-corrected chi connectivity index (χ1v) is 49.3. The van der Waals surface area contributed by atoms with E-state index in [0.29, 0.717) is 52.4 Å². The Bertz CT molecular complexity index is 9840. The van der Waals surface area contributed by atoms with Crippen molar-refractivity contribution in [2.24, 2.45) is 0 Å². The third kappa shape index (κ3) is 14.8. The Hall–Kier alpha value is -19.0. The van der Waals surface area contributed by atoms with Gasteiger partial charge in [-0.05, 0) is 202 Å². The zero-order valence-electron chi connectivity index (χ0n) is 79.2. The molecule has 4 aromatic heterocycles. The van der Waals surface area contributed by atoms with Gasteiger partial charge in [0, 0.05) is 71.8 Å². The quantitative estimate of drug-likeness (QED) is 0.109. The van der Waals surface area contributed by atoms with Crippen LogP contribution in [-0.4, -0.2) is 44.9 Å². The Morgan fingerprint density at radius 2 is 0.469 bits per heavy atom. The van der Waals surface area contributed by atoms with Crippen molar-refractivity contribution in [2.45, 2.75) is 24.7 Å². The van der Waals surface area contributed by atoms with Crippen molar-refractivity contribution >= 4 is 108 Å². The zero-order chi connectivity index (χ0) is 96.2. The Morgan fingerprint density at radius 1 is 0.166 bits per heavy atom. The van der Waals surface area contributed by atoms with E-state index in [-0.39, 0.29) is 5.41 Å². The maximum absolute atomic E-state index is 6.37. The summed E-state index contributed by atoms with van der Waals surface area (Å²) in [6, 6.07) is 174. The molecule has 10 nitrogen and oxygen atoms in total. The van der Waals surface area contributed by atoms with Crippen molar-refractivity contribution in [3.8, 4) is 136 Å². The normalized spacial score (nSPS) is 12.6. The van der Waals surface area contributed by atoms with Crippen molar-refractivity contribution in [1.82, 2.24) is 44.9 Å². The summed E-state index contributed by atoms with van der Waals surface area (Å²) in [7, 11) is 0. The average Bonchev–Trinajstić information content (AvgIpc) is 1.54. The lowest BCUT2D eigenvalue weighted by Crippen LogP contribution is -2.28. The number of hydrogen-bond donors (Lipinski definition) is 0. The molecule has 29 rings (SSSR count). The van der Waals surface area contributed by atoms with E-state index >= 15 is 0 Å². The summed E-state index contributed by atoms with van der Waals surface area (Å²) in [4.78, 5) is 46.2. The van der Waals surface area contributed by atoms with Gasteiger partial charge in [0.05, 0.1) is 5.41 Å². The van der Waals surface area contributed by atoms with Crippen molar-refractivity contribution < 1.29 is 4.42 Å². The van der Waals surface area contributed by atoms with Gasteiger partial charge in [0.15, 0.2) is 52.4 Å². The highest BCUT2D eigenvalue weighted by molar-refractivity contribution is 6.20. The Morgan fingerprint density at radius 3 is 0.952 bits per heavy atom. The largest absolute Gasteiger partial charge is 0.456 e. The highest BCUT2D eigenvalue weighted by Gasteiger charge is 2.46. The molecule has 145 heavy (non-hydrogen) atoms. The van der Waals surface area contributed by atoms with Crippen LogP contribution in [0, 0.1) is 0 Å². The summed E-state index contributed by atoms with van der Waals surface area (Å²) in [6.07, 6.45) is 0. The van der Waals surface area contributed by atoms with E-state index in [9.17, 15) is 0 Å². The zero-order valence-corrected chi connectivity index (χ0v) is 79.2. The lowest BCUT2D eigenvalue weighted by atomic mass is 9.67. The first-order chi connectivity index (χ1) is 71.6. The second-order valence-corrected chi connectivity index (χ2v) is 38.1. The topological polar surface area (TPSA) is 129 Å². The highest BCUT2D eigenvalue weighted by atomic mass is 16.3. The number of para-hydroxylation sites is 1. The van der Waals surface area contributed by atoms with Crippen LogP contribution < -0.4 is 0 Å². The second kappa shape index (κ2) is 35.1. The van der Waals surface area contributed by atoms with Crippen LogP contribution in [0.5, 0.6) is 0 Å². The third-order valence-corrected chi connectivity index (χ3v) is 29.4. The van der Waals surface area contributed by atoms with Gasteiger partial charge in [-0.3, -0.25) is 0 Å². The van der Waals surface area contributed by atoms with Gasteiger partial charge < -0.3 is 4.42 Å². The van der Waals surface area contributed by atoms with Crippen LogP contribution in [0.1, 0.15) is 47.2 Å². The fourth-order valence-electron chi connectivity index (χ4n) is 22.4. The summed E-state index contributed by atoms with van der Waals surface area (Å²) in [5.41, 5.74) is 24.4. The first-order valence-electron chi connectivity index (χ1n) is 49.3. The molecular formula is C135H87N9O. The summed E-state index contributed by atoms with van der Waals surface area (Å²) >= 11 is 0. The molecule has 0 atom stereocenters. The molecule has 27 aromatic rings. The van der Waals surface area contributed by atoms with E-state index in [4.69, 9.17) is 49.3 Å². The maximum atomic E-state index is 6.37. The maximum Gasteiger partial charge on any atom is 0.164 e. The predicted octanol–water partition coefficient (Wildman–Crippen LogP) is 34.1. The van der Waals surface area contributed by atoms with E-state index in [1.54, 1.807) is 0 Å². The molecule has 0 bridgehead atoms. The van der Waals surface area contributed by atoms with Crippen molar-refractivity contribution in [3.63, 3.8) is 0 Å². The smallest absolute Gasteiger partial charge is 0.164 e. The monoisotopic (exact) mass is 1850 g/mol. The molecule has 0 amide bonds. The van der Waals surface area contributed by atoms with E-state index in [1.165, 1.54) is 136 Å². The van der Waals surface area contributed by atoms with Crippen LogP contribution in [-0.2, 0) is 10.8 Å². The molecule has 23 aromatic carbocycles. The van der Waals surface area contributed by atoms with Gasteiger partial charge in [-0.2, -0.15) is 0 Å². The molecule has 0 radical (unpaired) electrons. The van der Waals surface area contributed by atoms with E-state index < -0.39 is 5.41 Å². The lowest BCUT2D eigenvalue weighted by molar-refractivity contribution is 0.660. The van der Waals surface area contributed by atoms with Gasteiger partial charge in [-0.1, -0.05) is 451 Å². The Balaban J connectivity index is 0.000000109. The van der Waals surface area contributed by atoms with Gasteiger partial charge in [-0.25, -0.2) is 44.9 Å². The number of fused-ring (bicyclic) bond motifs is 21. The van der Waals surface area contributed by atoms with Gasteiger partial charge in [0.25, 0.3) is 0 Å². The number of nitrogens with zero attached hydrogens (tertiary/aromatic N) is 9. The molecule has 2 aliphatic rings. The molecule has 0 N–H and O–H groups in total. The number of aromatic nitrogens is 9. The standard InChI is InChI=1S/C52H33N3.C42H29N3.C41H25N3O/c1-4-15-36(16-5-1)49-53-50(37-25-24-35-27-29-42-41-21-11-10-14-34(41)26-30-43(42)46(35)32-37)55-51(54-49)38-28-31-45-44-22-12-13-23-47(44)52(48(45)33-38,39-17-6-2-7-18-39)40-19-8-3-9-20-40;1-42(2)37-15-9-8-14-34(37)35-23-20-30(25-38(35)42)41-44-39(28-11-4-3-5-12-28)43-40(45-41)29-17-16-27-19-21-32-31-13-7-6-10-26(31)18-22-33(32)36(27)24-29;1-2-12-28(13-3-1)39-42-40(32-21-19-27-11-5-7-15-30(27)25-32)44-41(43-39)34-22-23-36-38(33-16-8-9-17-35(33)45-36)37(34)31-20-18-26-10-4-6-14-29(26)24-31/h1-33H;3-25H,1-2H3;1-25H. The van der Waals surface area contributed by atoms with Crippen LogP contribution in [0.4, 0.5) is 0 Å². The first kappa shape index (κ1) is 85.2. The minimum atomic E-state index is -0.522.